The number of likely N-dealkylation sites (tertiary alicyclic amines) is 1. The number of rotatable bonds is 5. The van der Waals surface area contributed by atoms with Gasteiger partial charge in [0.1, 0.15) is 0 Å². The van der Waals surface area contributed by atoms with Crippen LogP contribution in [0.1, 0.15) is 25.3 Å². The maximum absolute atomic E-state index is 3.60. The van der Waals surface area contributed by atoms with Crippen molar-refractivity contribution in [3.05, 3.63) is 35.2 Å². The molecule has 1 aromatic heterocycles. The Morgan fingerprint density at radius 2 is 2.05 bits per heavy atom. The van der Waals surface area contributed by atoms with Crippen molar-refractivity contribution in [2.24, 2.45) is 5.92 Å². The molecule has 20 heavy (non-hydrogen) atoms. The summed E-state index contributed by atoms with van der Waals surface area (Å²) in [6, 6.07) is 8.69. The van der Waals surface area contributed by atoms with E-state index in [1.807, 2.05) is 11.3 Å². The number of thiophene rings is 1. The Kier molecular flexibility index (Phi) is 4.71. The lowest BCUT2D eigenvalue weighted by Crippen LogP contribution is -2.37. The van der Waals surface area contributed by atoms with E-state index in [0.29, 0.717) is 0 Å². The Labute approximate surface area is 125 Å². The van der Waals surface area contributed by atoms with Gasteiger partial charge in [0.05, 0.1) is 0 Å². The van der Waals surface area contributed by atoms with Crippen LogP contribution in [0.25, 0.3) is 10.1 Å². The number of nitrogens with zero attached hydrogens (tertiary/aromatic N) is 1. The van der Waals surface area contributed by atoms with Gasteiger partial charge in [-0.3, -0.25) is 0 Å². The topological polar surface area (TPSA) is 15.3 Å². The molecule has 2 aromatic rings. The van der Waals surface area contributed by atoms with Crippen LogP contribution >= 0.6 is 11.3 Å². The van der Waals surface area contributed by atoms with Crippen LogP contribution in [0.3, 0.4) is 0 Å². The standard InChI is InChI=1S/C17H24N2S/c1-14-6-9-19(10-7-14)11-8-18-12-15-13-20-17-5-3-2-4-16(15)17/h2-5,13-14,18H,6-12H2,1H3. The van der Waals surface area contributed by atoms with E-state index in [0.717, 1.165) is 19.0 Å². The summed E-state index contributed by atoms with van der Waals surface area (Å²) in [7, 11) is 0. The number of nitrogens with one attached hydrogen (secondary N) is 1. The van der Waals surface area contributed by atoms with E-state index < -0.39 is 0 Å². The van der Waals surface area contributed by atoms with Crippen molar-refractivity contribution in [2.75, 3.05) is 26.2 Å². The van der Waals surface area contributed by atoms with Crippen molar-refractivity contribution in [3.8, 4) is 0 Å². The van der Waals surface area contributed by atoms with Crippen LogP contribution in [0.5, 0.6) is 0 Å². The highest BCUT2D eigenvalue weighted by Gasteiger charge is 2.14. The van der Waals surface area contributed by atoms with E-state index in [2.05, 4.69) is 46.8 Å². The zero-order valence-corrected chi connectivity index (χ0v) is 13.1. The zero-order chi connectivity index (χ0) is 13.8. The third kappa shape index (κ3) is 3.40. The summed E-state index contributed by atoms with van der Waals surface area (Å²) in [5.74, 6) is 0.927. The van der Waals surface area contributed by atoms with Gasteiger partial charge >= 0.3 is 0 Å². The van der Waals surface area contributed by atoms with Gasteiger partial charge in [-0.2, -0.15) is 0 Å². The molecule has 1 saturated heterocycles. The predicted molar refractivity (Wildman–Crippen MR) is 88.4 cm³/mol. The van der Waals surface area contributed by atoms with Gasteiger partial charge in [0, 0.05) is 24.3 Å². The van der Waals surface area contributed by atoms with E-state index in [4.69, 9.17) is 0 Å². The van der Waals surface area contributed by atoms with Gasteiger partial charge in [0.15, 0.2) is 0 Å². The van der Waals surface area contributed by atoms with Crippen LogP contribution in [-0.4, -0.2) is 31.1 Å². The zero-order valence-electron chi connectivity index (χ0n) is 12.3. The van der Waals surface area contributed by atoms with E-state index >= 15 is 0 Å². The second-order valence-electron chi connectivity index (χ2n) is 5.96. The van der Waals surface area contributed by atoms with Crippen LogP contribution in [0, 0.1) is 5.92 Å². The first-order chi connectivity index (χ1) is 9.83. The molecule has 1 aliphatic heterocycles. The highest BCUT2D eigenvalue weighted by atomic mass is 32.1. The number of piperidine rings is 1. The summed E-state index contributed by atoms with van der Waals surface area (Å²) >= 11 is 1.85. The molecule has 1 N–H and O–H groups in total. The van der Waals surface area contributed by atoms with Crippen molar-refractivity contribution in [3.63, 3.8) is 0 Å². The number of fused-ring (bicyclic) bond motifs is 1. The van der Waals surface area contributed by atoms with Crippen LogP contribution < -0.4 is 5.32 Å². The SMILES string of the molecule is CC1CCN(CCNCc2csc3ccccc23)CC1. The van der Waals surface area contributed by atoms with Gasteiger partial charge in [-0.25, -0.2) is 0 Å². The second kappa shape index (κ2) is 6.70. The van der Waals surface area contributed by atoms with Crippen LogP contribution in [-0.2, 0) is 6.54 Å². The molecule has 3 heteroatoms. The van der Waals surface area contributed by atoms with Crippen LogP contribution in [0.15, 0.2) is 29.6 Å². The molecule has 1 fully saturated rings. The van der Waals surface area contributed by atoms with Crippen LogP contribution in [0.4, 0.5) is 0 Å². The highest BCUT2D eigenvalue weighted by Crippen LogP contribution is 2.25. The molecule has 0 amide bonds. The molecular weight excluding hydrogens is 264 g/mol. The van der Waals surface area contributed by atoms with Crippen molar-refractivity contribution in [1.82, 2.24) is 10.2 Å². The molecule has 0 radical (unpaired) electrons. The molecule has 0 spiro atoms. The fourth-order valence-electron chi connectivity index (χ4n) is 2.92. The van der Waals surface area contributed by atoms with Gasteiger partial charge in [0.2, 0.25) is 0 Å². The predicted octanol–water partition coefficient (Wildman–Crippen LogP) is 3.72. The highest BCUT2D eigenvalue weighted by molar-refractivity contribution is 7.17. The Hall–Kier alpha value is -0.900. The minimum atomic E-state index is 0.927. The Balaban J connectivity index is 1.44. The number of hydrogen-bond acceptors (Lipinski definition) is 3. The Bertz CT molecular complexity index is 541. The minimum Gasteiger partial charge on any atom is -0.311 e. The molecule has 108 valence electrons. The molecule has 0 bridgehead atoms. The van der Waals surface area contributed by atoms with E-state index in [1.54, 1.807) is 0 Å². The molecular formula is C17H24N2S. The van der Waals surface area contributed by atoms with E-state index in [1.165, 1.54) is 48.1 Å². The molecule has 0 unspecified atom stereocenters. The monoisotopic (exact) mass is 288 g/mol. The minimum absolute atomic E-state index is 0.927. The third-order valence-electron chi connectivity index (χ3n) is 4.36. The first kappa shape index (κ1) is 14.1. The lowest BCUT2D eigenvalue weighted by Gasteiger charge is -2.30. The molecule has 0 aliphatic carbocycles. The quantitative estimate of drug-likeness (QED) is 0.844. The van der Waals surface area contributed by atoms with Crippen molar-refractivity contribution in [1.29, 1.82) is 0 Å². The maximum atomic E-state index is 3.60. The lowest BCUT2D eigenvalue weighted by atomic mass is 9.99. The number of hydrogen-bond donors (Lipinski definition) is 1. The average Bonchev–Trinajstić information content (AvgIpc) is 2.89. The van der Waals surface area contributed by atoms with Crippen molar-refractivity contribution in [2.45, 2.75) is 26.3 Å². The average molecular weight is 288 g/mol. The summed E-state index contributed by atoms with van der Waals surface area (Å²) < 4.78 is 1.40. The van der Waals surface area contributed by atoms with Crippen molar-refractivity contribution >= 4 is 21.4 Å². The van der Waals surface area contributed by atoms with Gasteiger partial charge in [-0.15, -0.1) is 11.3 Å². The smallest absolute Gasteiger partial charge is 0.0346 e. The lowest BCUT2D eigenvalue weighted by molar-refractivity contribution is 0.193. The van der Waals surface area contributed by atoms with Crippen molar-refractivity contribution < 1.29 is 0 Å². The first-order valence-electron chi connectivity index (χ1n) is 7.71. The summed E-state index contributed by atoms with van der Waals surface area (Å²) in [6.45, 7) is 8.22. The Morgan fingerprint density at radius 1 is 1.25 bits per heavy atom. The largest absolute Gasteiger partial charge is 0.311 e. The first-order valence-corrected chi connectivity index (χ1v) is 8.59. The van der Waals surface area contributed by atoms with Crippen LogP contribution in [0.2, 0.25) is 0 Å². The van der Waals surface area contributed by atoms with E-state index in [-0.39, 0.29) is 0 Å². The fourth-order valence-corrected chi connectivity index (χ4v) is 3.88. The molecule has 3 rings (SSSR count). The molecule has 0 saturated carbocycles. The molecule has 0 atom stereocenters. The normalized spacial score (nSPS) is 17.9. The molecule has 2 heterocycles. The molecule has 1 aliphatic rings. The van der Waals surface area contributed by atoms with E-state index in [9.17, 15) is 0 Å². The maximum Gasteiger partial charge on any atom is 0.0346 e. The number of benzene rings is 1. The van der Waals surface area contributed by atoms with Gasteiger partial charge in [-0.1, -0.05) is 25.1 Å². The third-order valence-corrected chi connectivity index (χ3v) is 5.37. The summed E-state index contributed by atoms with van der Waals surface area (Å²) in [5, 5.41) is 7.31. The van der Waals surface area contributed by atoms with Gasteiger partial charge in [0.25, 0.3) is 0 Å². The fraction of sp³-hybridized carbons (Fsp3) is 0.529. The van der Waals surface area contributed by atoms with Gasteiger partial charge < -0.3 is 10.2 Å². The summed E-state index contributed by atoms with van der Waals surface area (Å²) in [5.41, 5.74) is 1.44. The Morgan fingerprint density at radius 3 is 2.90 bits per heavy atom. The molecule has 2 nitrogen and oxygen atoms in total. The second-order valence-corrected chi connectivity index (χ2v) is 6.87. The van der Waals surface area contributed by atoms with Gasteiger partial charge in [-0.05, 0) is 54.2 Å². The summed E-state index contributed by atoms with van der Waals surface area (Å²) in [6.07, 6.45) is 2.74. The summed E-state index contributed by atoms with van der Waals surface area (Å²) in [4.78, 5) is 2.60. The molecule has 1 aromatic carbocycles.